The minimum absolute atomic E-state index is 0.330. The van der Waals surface area contributed by atoms with E-state index >= 15 is 0 Å². The Hall–Kier alpha value is -1.26. The normalized spacial score (nSPS) is 16.2. The highest BCUT2D eigenvalue weighted by molar-refractivity contribution is 5.53. The van der Waals surface area contributed by atoms with Gasteiger partial charge in [0.05, 0.1) is 6.61 Å². The molecule has 0 radical (unpaired) electrons. The highest BCUT2D eigenvalue weighted by Crippen LogP contribution is 2.31. The van der Waals surface area contributed by atoms with Crippen LogP contribution in [0, 0.1) is 0 Å². The van der Waals surface area contributed by atoms with E-state index in [4.69, 9.17) is 15.2 Å². The van der Waals surface area contributed by atoms with Crippen LogP contribution in [0.25, 0.3) is 0 Å². The van der Waals surface area contributed by atoms with Gasteiger partial charge in [-0.3, -0.25) is 4.90 Å². The van der Waals surface area contributed by atoms with E-state index in [1.165, 1.54) is 0 Å². The lowest BCUT2D eigenvalue weighted by Gasteiger charge is -2.27. The number of hydrogen-bond donors (Lipinski definition) is 1. The van der Waals surface area contributed by atoms with Crippen LogP contribution in [0.15, 0.2) is 12.1 Å². The molecule has 0 spiro atoms. The summed E-state index contributed by atoms with van der Waals surface area (Å²) in [6, 6.07) is 4.48. The first-order valence-corrected chi connectivity index (χ1v) is 6.43. The molecule has 100 valence electrons. The number of rotatable bonds is 4. The number of fused-ring (bicyclic) bond motifs is 1. The number of nitrogen functional groups attached to an aromatic ring is 1. The zero-order chi connectivity index (χ0) is 13.1. The molecule has 1 aliphatic heterocycles. The molecule has 1 heterocycles. The first-order valence-electron chi connectivity index (χ1n) is 6.43. The van der Waals surface area contributed by atoms with Crippen LogP contribution >= 0.6 is 0 Å². The number of ether oxygens (including phenoxy) is 2. The van der Waals surface area contributed by atoms with Gasteiger partial charge in [-0.05, 0) is 32.5 Å². The number of anilines is 1. The average Bonchev–Trinajstić information content (AvgIpc) is 2.37. The topological polar surface area (TPSA) is 47.7 Å². The molecule has 4 nitrogen and oxygen atoms in total. The highest BCUT2D eigenvalue weighted by atomic mass is 16.7. The first kappa shape index (κ1) is 13.2. The van der Waals surface area contributed by atoms with Gasteiger partial charge in [0.1, 0.15) is 5.75 Å². The van der Waals surface area contributed by atoms with Crippen LogP contribution < -0.4 is 10.5 Å². The van der Waals surface area contributed by atoms with Crippen molar-refractivity contribution in [3.63, 3.8) is 0 Å². The average molecular weight is 250 g/mol. The Kier molecular flexibility index (Phi) is 4.09. The summed E-state index contributed by atoms with van der Waals surface area (Å²) in [5.41, 5.74) is 8.91. The van der Waals surface area contributed by atoms with Crippen LogP contribution in [0.2, 0.25) is 0 Å². The standard InChI is InChI=1S/C14H22N2O2/c1-4-10(2)16(3)7-11-5-13(15)6-12-8-17-9-18-14(11)12/h5-6,10H,4,7-9,15H2,1-3H3. The molecule has 2 rings (SSSR count). The maximum atomic E-state index is 5.94. The van der Waals surface area contributed by atoms with Crippen molar-refractivity contribution in [3.8, 4) is 5.75 Å². The van der Waals surface area contributed by atoms with E-state index in [1.54, 1.807) is 0 Å². The number of nitrogens with two attached hydrogens (primary N) is 1. The Labute approximate surface area is 109 Å². The molecular weight excluding hydrogens is 228 g/mol. The van der Waals surface area contributed by atoms with Crippen molar-refractivity contribution in [3.05, 3.63) is 23.3 Å². The molecule has 0 saturated carbocycles. The monoisotopic (exact) mass is 250 g/mol. The molecule has 1 aliphatic rings. The molecule has 1 aromatic rings. The second kappa shape index (κ2) is 5.59. The summed E-state index contributed by atoms with van der Waals surface area (Å²) in [5.74, 6) is 0.950. The van der Waals surface area contributed by atoms with Crippen molar-refractivity contribution >= 4 is 5.69 Å². The molecule has 2 N–H and O–H groups in total. The van der Waals surface area contributed by atoms with E-state index in [0.29, 0.717) is 19.4 Å². The Balaban J connectivity index is 2.24. The molecule has 0 aliphatic carbocycles. The van der Waals surface area contributed by atoms with Gasteiger partial charge in [-0.2, -0.15) is 0 Å². The Morgan fingerprint density at radius 3 is 2.94 bits per heavy atom. The zero-order valence-electron chi connectivity index (χ0n) is 11.4. The summed E-state index contributed by atoms with van der Waals surface area (Å²) in [7, 11) is 2.13. The molecular formula is C14H22N2O2. The molecule has 0 aromatic heterocycles. The summed E-state index contributed by atoms with van der Waals surface area (Å²) in [6.07, 6.45) is 1.13. The van der Waals surface area contributed by atoms with Gasteiger partial charge in [-0.15, -0.1) is 0 Å². The molecule has 18 heavy (non-hydrogen) atoms. The predicted octanol–water partition coefficient (Wildman–Crippen LogP) is 2.37. The fourth-order valence-corrected chi connectivity index (χ4v) is 2.18. The number of benzene rings is 1. The second-order valence-corrected chi connectivity index (χ2v) is 4.95. The van der Waals surface area contributed by atoms with Crippen LogP contribution in [0.5, 0.6) is 5.75 Å². The lowest BCUT2D eigenvalue weighted by molar-refractivity contribution is -0.0174. The van der Waals surface area contributed by atoms with E-state index in [-0.39, 0.29) is 0 Å². The molecule has 1 atom stereocenters. The maximum Gasteiger partial charge on any atom is 0.189 e. The van der Waals surface area contributed by atoms with Crippen molar-refractivity contribution < 1.29 is 9.47 Å². The fourth-order valence-electron chi connectivity index (χ4n) is 2.18. The first-order chi connectivity index (χ1) is 8.61. The van der Waals surface area contributed by atoms with E-state index in [9.17, 15) is 0 Å². The van der Waals surface area contributed by atoms with Crippen LogP contribution in [-0.2, 0) is 17.9 Å². The fraction of sp³-hybridized carbons (Fsp3) is 0.571. The van der Waals surface area contributed by atoms with Crippen molar-refractivity contribution in [2.24, 2.45) is 0 Å². The minimum Gasteiger partial charge on any atom is -0.467 e. The van der Waals surface area contributed by atoms with Crippen LogP contribution in [0.1, 0.15) is 31.4 Å². The molecule has 0 saturated heterocycles. The van der Waals surface area contributed by atoms with Gasteiger partial charge in [0.15, 0.2) is 6.79 Å². The van der Waals surface area contributed by atoms with Gasteiger partial charge in [0.25, 0.3) is 0 Å². The SMILES string of the molecule is CCC(C)N(C)Cc1cc(N)cc2c1OCOC2. The third-order valence-corrected chi connectivity index (χ3v) is 3.57. The Bertz CT molecular complexity index is 421. The minimum atomic E-state index is 0.330. The summed E-state index contributed by atoms with van der Waals surface area (Å²) >= 11 is 0. The quantitative estimate of drug-likeness (QED) is 0.833. The van der Waals surface area contributed by atoms with Crippen LogP contribution in [-0.4, -0.2) is 24.8 Å². The van der Waals surface area contributed by atoms with E-state index < -0.39 is 0 Å². The molecule has 0 fully saturated rings. The molecule has 0 bridgehead atoms. The van der Waals surface area contributed by atoms with Gasteiger partial charge in [0.2, 0.25) is 0 Å². The van der Waals surface area contributed by atoms with E-state index in [2.05, 4.69) is 25.8 Å². The summed E-state index contributed by atoms with van der Waals surface area (Å²) in [5, 5.41) is 0. The molecule has 4 heteroatoms. The molecule has 0 amide bonds. The van der Waals surface area contributed by atoms with E-state index in [1.807, 2.05) is 12.1 Å². The van der Waals surface area contributed by atoms with Crippen molar-refractivity contribution in [1.29, 1.82) is 0 Å². The smallest absolute Gasteiger partial charge is 0.189 e. The van der Waals surface area contributed by atoms with Gasteiger partial charge in [0, 0.05) is 29.4 Å². The van der Waals surface area contributed by atoms with Gasteiger partial charge in [-0.25, -0.2) is 0 Å². The predicted molar refractivity (Wildman–Crippen MR) is 72.4 cm³/mol. The summed E-state index contributed by atoms with van der Waals surface area (Å²) in [6.45, 7) is 6.18. The zero-order valence-corrected chi connectivity index (χ0v) is 11.4. The maximum absolute atomic E-state index is 5.94. The third kappa shape index (κ3) is 2.76. The Morgan fingerprint density at radius 1 is 1.44 bits per heavy atom. The third-order valence-electron chi connectivity index (χ3n) is 3.57. The van der Waals surface area contributed by atoms with E-state index in [0.717, 1.165) is 35.5 Å². The Morgan fingerprint density at radius 2 is 2.22 bits per heavy atom. The van der Waals surface area contributed by atoms with Gasteiger partial charge in [-0.1, -0.05) is 6.92 Å². The summed E-state index contributed by atoms with van der Waals surface area (Å²) < 4.78 is 10.9. The largest absolute Gasteiger partial charge is 0.467 e. The van der Waals surface area contributed by atoms with Gasteiger partial charge >= 0.3 is 0 Å². The highest BCUT2D eigenvalue weighted by Gasteiger charge is 2.18. The summed E-state index contributed by atoms with van der Waals surface area (Å²) in [4.78, 5) is 2.31. The molecule has 1 unspecified atom stereocenters. The van der Waals surface area contributed by atoms with Crippen molar-refractivity contribution in [2.45, 2.75) is 39.5 Å². The second-order valence-electron chi connectivity index (χ2n) is 4.95. The van der Waals surface area contributed by atoms with Gasteiger partial charge < -0.3 is 15.2 Å². The lowest BCUT2D eigenvalue weighted by atomic mass is 10.1. The van der Waals surface area contributed by atoms with Crippen molar-refractivity contribution in [2.75, 3.05) is 19.6 Å². The van der Waals surface area contributed by atoms with Crippen LogP contribution in [0.3, 0.4) is 0 Å². The van der Waals surface area contributed by atoms with Crippen LogP contribution in [0.4, 0.5) is 5.69 Å². The lowest BCUT2D eigenvalue weighted by Crippen LogP contribution is -2.28. The molecule has 1 aromatic carbocycles. The number of hydrogen-bond acceptors (Lipinski definition) is 4. The van der Waals surface area contributed by atoms with Crippen molar-refractivity contribution in [1.82, 2.24) is 4.90 Å². The number of nitrogens with zero attached hydrogens (tertiary/aromatic N) is 1.